The average Bonchev–Trinajstić information content (AvgIpc) is 2.89. The summed E-state index contributed by atoms with van der Waals surface area (Å²) in [6.45, 7) is 5.78. The molecule has 3 unspecified atom stereocenters. The fourth-order valence-corrected chi connectivity index (χ4v) is 3.10. The van der Waals surface area contributed by atoms with Crippen LogP contribution in [0.1, 0.15) is 33.1 Å². The van der Waals surface area contributed by atoms with Gasteiger partial charge in [0, 0.05) is 12.7 Å². The number of aromatic amines is 1. The van der Waals surface area contributed by atoms with Crippen LogP contribution in [0.15, 0.2) is 18.6 Å². The zero-order chi connectivity index (χ0) is 13.2. The van der Waals surface area contributed by atoms with E-state index in [0.717, 1.165) is 41.1 Å². The van der Waals surface area contributed by atoms with E-state index in [4.69, 9.17) is 0 Å². The Morgan fingerprint density at radius 2 is 2.16 bits per heavy atom. The smallest absolute Gasteiger partial charge is 0.142 e. The molecule has 0 radical (unpaired) electrons. The van der Waals surface area contributed by atoms with Crippen molar-refractivity contribution in [1.82, 2.24) is 15.0 Å². The van der Waals surface area contributed by atoms with Gasteiger partial charge in [0.15, 0.2) is 0 Å². The minimum absolute atomic E-state index is 0.773. The first kappa shape index (κ1) is 12.5. The van der Waals surface area contributed by atoms with Crippen LogP contribution >= 0.6 is 0 Å². The average molecular weight is 258 g/mol. The molecule has 1 aliphatic rings. The molecule has 0 spiro atoms. The molecule has 1 fully saturated rings. The Labute approximate surface area is 114 Å². The first-order valence-corrected chi connectivity index (χ1v) is 7.26. The maximum atomic E-state index is 4.36. The number of nitrogens with one attached hydrogen (secondary N) is 2. The summed E-state index contributed by atoms with van der Waals surface area (Å²) >= 11 is 0. The molecule has 3 rings (SSSR count). The lowest BCUT2D eigenvalue weighted by Gasteiger charge is -2.32. The van der Waals surface area contributed by atoms with Crippen molar-refractivity contribution in [2.75, 3.05) is 11.9 Å². The molecule has 0 amide bonds. The fraction of sp³-hybridized carbons (Fsp3) is 0.600. The topological polar surface area (TPSA) is 53.6 Å². The zero-order valence-corrected chi connectivity index (χ0v) is 11.7. The van der Waals surface area contributed by atoms with E-state index in [1.807, 2.05) is 12.3 Å². The Morgan fingerprint density at radius 3 is 3.00 bits per heavy atom. The number of anilines is 1. The van der Waals surface area contributed by atoms with E-state index in [9.17, 15) is 0 Å². The SMILES string of the molecule is CC1CCC(CNc2ncnc3[nH]ccc23)CC1C. The van der Waals surface area contributed by atoms with E-state index < -0.39 is 0 Å². The summed E-state index contributed by atoms with van der Waals surface area (Å²) in [6, 6.07) is 2.03. The van der Waals surface area contributed by atoms with Crippen molar-refractivity contribution in [2.24, 2.45) is 17.8 Å². The van der Waals surface area contributed by atoms with E-state index in [2.05, 4.69) is 34.1 Å². The summed E-state index contributed by atoms with van der Waals surface area (Å²) in [5.41, 5.74) is 0.906. The van der Waals surface area contributed by atoms with Crippen molar-refractivity contribution < 1.29 is 0 Å². The molecular weight excluding hydrogens is 236 g/mol. The maximum absolute atomic E-state index is 4.36. The molecule has 2 heterocycles. The number of fused-ring (bicyclic) bond motifs is 1. The molecule has 0 aliphatic heterocycles. The van der Waals surface area contributed by atoms with Crippen molar-refractivity contribution in [3.63, 3.8) is 0 Å². The molecule has 19 heavy (non-hydrogen) atoms. The number of nitrogens with zero attached hydrogens (tertiary/aromatic N) is 2. The zero-order valence-electron chi connectivity index (χ0n) is 11.7. The normalized spacial score (nSPS) is 27.6. The third kappa shape index (κ3) is 2.57. The van der Waals surface area contributed by atoms with Crippen LogP contribution in [0.3, 0.4) is 0 Å². The molecule has 102 valence electrons. The molecule has 4 heteroatoms. The van der Waals surface area contributed by atoms with Gasteiger partial charge in [0.2, 0.25) is 0 Å². The molecule has 1 saturated carbocycles. The Bertz CT molecular complexity index is 548. The Kier molecular flexibility index (Phi) is 3.40. The second-order valence-electron chi connectivity index (χ2n) is 5.98. The number of rotatable bonds is 3. The van der Waals surface area contributed by atoms with Gasteiger partial charge in [-0.3, -0.25) is 0 Å². The van der Waals surface area contributed by atoms with Crippen LogP contribution in [0.2, 0.25) is 0 Å². The van der Waals surface area contributed by atoms with Gasteiger partial charge in [-0.05, 0) is 36.7 Å². The van der Waals surface area contributed by atoms with Crippen LogP contribution in [-0.2, 0) is 0 Å². The van der Waals surface area contributed by atoms with Gasteiger partial charge >= 0.3 is 0 Å². The standard InChI is InChI=1S/C15H22N4/c1-10-3-4-12(7-11(10)2)8-17-15-13-5-6-16-14(13)18-9-19-15/h5-6,9-12H,3-4,7-8H2,1-2H3,(H2,16,17,18,19). The Morgan fingerprint density at radius 1 is 1.26 bits per heavy atom. The third-order valence-corrected chi connectivity index (χ3v) is 4.62. The van der Waals surface area contributed by atoms with Crippen molar-refractivity contribution in [1.29, 1.82) is 0 Å². The molecular formula is C15H22N4. The van der Waals surface area contributed by atoms with E-state index in [0.29, 0.717) is 0 Å². The van der Waals surface area contributed by atoms with Gasteiger partial charge in [-0.1, -0.05) is 20.3 Å². The maximum Gasteiger partial charge on any atom is 0.142 e. The highest BCUT2D eigenvalue weighted by molar-refractivity contribution is 5.86. The van der Waals surface area contributed by atoms with Crippen molar-refractivity contribution in [3.8, 4) is 0 Å². The van der Waals surface area contributed by atoms with Gasteiger partial charge in [-0.2, -0.15) is 0 Å². The quantitative estimate of drug-likeness (QED) is 0.886. The molecule has 3 atom stereocenters. The van der Waals surface area contributed by atoms with Crippen molar-refractivity contribution in [2.45, 2.75) is 33.1 Å². The molecule has 0 aromatic carbocycles. The van der Waals surface area contributed by atoms with Gasteiger partial charge in [-0.25, -0.2) is 9.97 Å². The number of hydrogen-bond acceptors (Lipinski definition) is 3. The van der Waals surface area contributed by atoms with Crippen molar-refractivity contribution >= 4 is 16.9 Å². The first-order valence-electron chi connectivity index (χ1n) is 7.26. The van der Waals surface area contributed by atoms with Gasteiger partial charge in [0.25, 0.3) is 0 Å². The summed E-state index contributed by atoms with van der Waals surface area (Å²) in [5.74, 6) is 3.46. The summed E-state index contributed by atoms with van der Waals surface area (Å²) in [4.78, 5) is 11.7. The van der Waals surface area contributed by atoms with E-state index in [1.54, 1.807) is 6.33 Å². The van der Waals surface area contributed by atoms with Crippen LogP contribution < -0.4 is 5.32 Å². The highest BCUT2D eigenvalue weighted by Gasteiger charge is 2.24. The fourth-order valence-electron chi connectivity index (χ4n) is 3.10. The monoisotopic (exact) mass is 258 g/mol. The molecule has 2 aromatic rings. The van der Waals surface area contributed by atoms with E-state index >= 15 is 0 Å². The highest BCUT2D eigenvalue weighted by Crippen LogP contribution is 2.33. The van der Waals surface area contributed by atoms with Crippen molar-refractivity contribution in [3.05, 3.63) is 18.6 Å². The lowest BCUT2D eigenvalue weighted by Crippen LogP contribution is -2.25. The molecule has 4 nitrogen and oxygen atoms in total. The van der Waals surface area contributed by atoms with Gasteiger partial charge < -0.3 is 10.3 Å². The molecule has 1 aliphatic carbocycles. The Balaban J connectivity index is 1.65. The molecule has 0 bridgehead atoms. The van der Waals surface area contributed by atoms with E-state index in [-0.39, 0.29) is 0 Å². The lowest BCUT2D eigenvalue weighted by atomic mass is 9.76. The van der Waals surface area contributed by atoms with Crippen LogP contribution in [0.5, 0.6) is 0 Å². The summed E-state index contributed by atoms with van der Waals surface area (Å²) < 4.78 is 0. The second kappa shape index (κ2) is 5.19. The summed E-state index contributed by atoms with van der Waals surface area (Å²) in [7, 11) is 0. The minimum Gasteiger partial charge on any atom is -0.369 e. The number of aromatic nitrogens is 3. The van der Waals surface area contributed by atoms with Gasteiger partial charge in [-0.15, -0.1) is 0 Å². The third-order valence-electron chi connectivity index (χ3n) is 4.62. The largest absolute Gasteiger partial charge is 0.369 e. The first-order chi connectivity index (χ1) is 9.24. The predicted molar refractivity (Wildman–Crippen MR) is 78.0 cm³/mol. The molecule has 0 saturated heterocycles. The molecule has 2 N–H and O–H groups in total. The molecule has 2 aromatic heterocycles. The highest BCUT2D eigenvalue weighted by atomic mass is 15.0. The summed E-state index contributed by atoms with van der Waals surface area (Å²) in [5, 5.41) is 4.59. The van der Waals surface area contributed by atoms with Crippen LogP contribution in [0.4, 0.5) is 5.82 Å². The van der Waals surface area contributed by atoms with Crippen LogP contribution in [0.25, 0.3) is 11.0 Å². The number of H-pyrrole nitrogens is 1. The van der Waals surface area contributed by atoms with Crippen LogP contribution in [0, 0.1) is 17.8 Å². The number of hydrogen-bond donors (Lipinski definition) is 2. The minimum atomic E-state index is 0.773. The van der Waals surface area contributed by atoms with Gasteiger partial charge in [0.05, 0.1) is 5.39 Å². The van der Waals surface area contributed by atoms with E-state index in [1.165, 1.54) is 19.3 Å². The predicted octanol–water partition coefficient (Wildman–Crippen LogP) is 3.44. The summed E-state index contributed by atoms with van der Waals surface area (Å²) in [6.07, 6.45) is 7.55. The van der Waals surface area contributed by atoms with Gasteiger partial charge in [0.1, 0.15) is 17.8 Å². The lowest BCUT2D eigenvalue weighted by molar-refractivity contribution is 0.216. The van der Waals surface area contributed by atoms with Crippen LogP contribution in [-0.4, -0.2) is 21.5 Å². The second-order valence-corrected chi connectivity index (χ2v) is 5.98. The Hall–Kier alpha value is -1.58.